The summed E-state index contributed by atoms with van der Waals surface area (Å²) in [5, 5.41) is 0.466. The number of benzene rings is 1. The molecule has 0 fully saturated rings. The van der Waals surface area contributed by atoms with E-state index in [4.69, 9.17) is 11.6 Å². The Morgan fingerprint density at radius 3 is 2.65 bits per heavy atom. The molecule has 0 saturated carbocycles. The number of hydrogen-bond acceptors (Lipinski definition) is 3. The Morgan fingerprint density at radius 1 is 1.35 bits per heavy atom. The lowest BCUT2D eigenvalue weighted by molar-refractivity contribution is 0.576. The maximum atomic E-state index is 12.3. The number of imidazole rings is 1. The molecule has 1 heterocycles. The summed E-state index contributed by atoms with van der Waals surface area (Å²) < 4.78 is 28.8. The lowest BCUT2D eigenvalue weighted by atomic mass is 10.2. The van der Waals surface area contributed by atoms with E-state index in [1.54, 1.807) is 23.7 Å². The van der Waals surface area contributed by atoms with Crippen LogP contribution in [0.2, 0.25) is 5.15 Å². The quantitative estimate of drug-likeness (QED) is 0.919. The second kappa shape index (κ2) is 5.95. The predicted molar refractivity (Wildman–Crippen MR) is 78.1 cm³/mol. The van der Waals surface area contributed by atoms with E-state index in [0.29, 0.717) is 22.3 Å². The van der Waals surface area contributed by atoms with Gasteiger partial charge in [0.15, 0.2) is 0 Å². The number of halogens is 1. The van der Waals surface area contributed by atoms with Crippen LogP contribution in [0.4, 0.5) is 0 Å². The minimum atomic E-state index is -3.56. The van der Waals surface area contributed by atoms with E-state index in [1.807, 2.05) is 19.1 Å². The summed E-state index contributed by atoms with van der Waals surface area (Å²) in [4.78, 5) is 4.37. The Labute approximate surface area is 123 Å². The average Bonchev–Trinajstić information content (AvgIpc) is 2.76. The zero-order valence-electron chi connectivity index (χ0n) is 11.3. The van der Waals surface area contributed by atoms with E-state index >= 15 is 0 Å². The van der Waals surface area contributed by atoms with Crippen LogP contribution < -0.4 is 4.72 Å². The molecule has 0 unspecified atom stereocenters. The first-order valence-electron chi connectivity index (χ1n) is 6.19. The molecule has 108 valence electrons. The van der Waals surface area contributed by atoms with E-state index in [9.17, 15) is 8.42 Å². The van der Waals surface area contributed by atoms with E-state index < -0.39 is 10.0 Å². The standard InChI is InChI=1S/C13H16ClN3O2S/c1-3-10-6-4-5-7-11(10)20(18,19)16-9-13-15-8-12(14)17(13)2/h4-8,16H,3,9H2,1-2H3. The van der Waals surface area contributed by atoms with Crippen molar-refractivity contribution in [1.82, 2.24) is 14.3 Å². The van der Waals surface area contributed by atoms with Gasteiger partial charge in [-0.1, -0.05) is 36.7 Å². The monoisotopic (exact) mass is 313 g/mol. The van der Waals surface area contributed by atoms with Crippen LogP contribution in [0.1, 0.15) is 18.3 Å². The van der Waals surface area contributed by atoms with Crippen LogP contribution in [0.3, 0.4) is 0 Å². The molecule has 0 bridgehead atoms. The van der Waals surface area contributed by atoms with Gasteiger partial charge >= 0.3 is 0 Å². The molecule has 0 amide bonds. The van der Waals surface area contributed by atoms with E-state index in [0.717, 1.165) is 5.56 Å². The summed E-state index contributed by atoms with van der Waals surface area (Å²) >= 11 is 5.87. The predicted octanol–water partition coefficient (Wildman–Crippen LogP) is 2.11. The molecule has 0 saturated heterocycles. The van der Waals surface area contributed by atoms with E-state index in [1.165, 1.54) is 6.20 Å². The topological polar surface area (TPSA) is 64.0 Å². The molecule has 0 radical (unpaired) electrons. The molecule has 0 atom stereocenters. The summed E-state index contributed by atoms with van der Waals surface area (Å²) in [6.45, 7) is 2.02. The van der Waals surface area contributed by atoms with Crippen molar-refractivity contribution in [3.8, 4) is 0 Å². The van der Waals surface area contributed by atoms with Gasteiger partial charge in [-0.3, -0.25) is 0 Å². The fourth-order valence-electron chi connectivity index (χ4n) is 1.88. The minimum Gasteiger partial charge on any atom is -0.321 e. The lowest BCUT2D eigenvalue weighted by Gasteiger charge is -2.10. The minimum absolute atomic E-state index is 0.101. The number of sulfonamides is 1. The highest BCUT2D eigenvalue weighted by Crippen LogP contribution is 2.16. The fourth-order valence-corrected chi connectivity index (χ4v) is 3.32. The molecule has 7 heteroatoms. The summed E-state index contributed by atoms with van der Waals surface area (Å²) in [6.07, 6.45) is 2.15. The van der Waals surface area contributed by atoms with Crippen molar-refractivity contribution in [3.05, 3.63) is 47.0 Å². The zero-order chi connectivity index (χ0) is 14.8. The number of nitrogens with one attached hydrogen (secondary N) is 1. The number of aryl methyl sites for hydroxylation is 1. The number of hydrogen-bond donors (Lipinski definition) is 1. The second-order valence-electron chi connectivity index (χ2n) is 4.34. The van der Waals surface area contributed by atoms with E-state index in [2.05, 4.69) is 9.71 Å². The van der Waals surface area contributed by atoms with Gasteiger partial charge in [-0.25, -0.2) is 18.1 Å². The maximum Gasteiger partial charge on any atom is 0.241 e. The molecule has 1 aromatic heterocycles. The molecule has 20 heavy (non-hydrogen) atoms. The largest absolute Gasteiger partial charge is 0.321 e. The van der Waals surface area contributed by atoms with Crippen molar-refractivity contribution in [3.63, 3.8) is 0 Å². The van der Waals surface area contributed by atoms with Crippen LogP contribution in [0.25, 0.3) is 0 Å². The van der Waals surface area contributed by atoms with Crippen molar-refractivity contribution < 1.29 is 8.42 Å². The molecule has 0 aliphatic carbocycles. The van der Waals surface area contributed by atoms with E-state index in [-0.39, 0.29) is 6.54 Å². The van der Waals surface area contributed by atoms with Gasteiger partial charge in [-0.2, -0.15) is 0 Å². The van der Waals surface area contributed by atoms with Crippen LogP contribution in [0.15, 0.2) is 35.4 Å². The molecule has 2 rings (SSSR count). The highest BCUT2D eigenvalue weighted by atomic mass is 35.5. The smallest absolute Gasteiger partial charge is 0.241 e. The fraction of sp³-hybridized carbons (Fsp3) is 0.308. The van der Waals surface area contributed by atoms with Crippen LogP contribution in [-0.2, 0) is 30.0 Å². The van der Waals surface area contributed by atoms with Crippen LogP contribution in [-0.4, -0.2) is 18.0 Å². The molecule has 2 aromatic rings. The Bertz CT molecular complexity index is 710. The third-order valence-corrected chi connectivity index (χ3v) is 4.94. The van der Waals surface area contributed by atoms with Gasteiger partial charge in [0.1, 0.15) is 11.0 Å². The normalized spacial score (nSPS) is 11.8. The van der Waals surface area contributed by atoms with Crippen molar-refractivity contribution in [2.24, 2.45) is 7.05 Å². The van der Waals surface area contributed by atoms with Crippen molar-refractivity contribution in [2.45, 2.75) is 24.8 Å². The number of nitrogens with zero attached hydrogens (tertiary/aromatic N) is 2. The van der Waals surface area contributed by atoms with Gasteiger partial charge in [-0.15, -0.1) is 0 Å². The molecule has 1 aromatic carbocycles. The van der Waals surface area contributed by atoms with Gasteiger partial charge in [0.05, 0.1) is 17.6 Å². The lowest BCUT2D eigenvalue weighted by Crippen LogP contribution is -2.25. The molecule has 0 spiro atoms. The molecule has 5 nitrogen and oxygen atoms in total. The molecule has 1 N–H and O–H groups in total. The van der Waals surface area contributed by atoms with Gasteiger partial charge in [0.25, 0.3) is 0 Å². The van der Waals surface area contributed by atoms with Gasteiger partial charge in [0, 0.05) is 7.05 Å². The first-order valence-corrected chi connectivity index (χ1v) is 8.05. The highest BCUT2D eigenvalue weighted by Gasteiger charge is 2.18. The maximum absolute atomic E-state index is 12.3. The first kappa shape index (κ1) is 15.0. The molecule has 0 aliphatic rings. The Hall–Kier alpha value is -1.37. The Balaban J connectivity index is 2.22. The SMILES string of the molecule is CCc1ccccc1S(=O)(=O)NCc1ncc(Cl)n1C. The van der Waals surface area contributed by atoms with Crippen LogP contribution >= 0.6 is 11.6 Å². The summed E-state index contributed by atoms with van der Waals surface area (Å²) in [6, 6.07) is 6.96. The van der Waals surface area contributed by atoms with Gasteiger partial charge in [0.2, 0.25) is 10.0 Å². The van der Waals surface area contributed by atoms with Crippen molar-refractivity contribution in [1.29, 1.82) is 0 Å². The molecular weight excluding hydrogens is 298 g/mol. The Morgan fingerprint density at radius 2 is 2.05 bits per heavy atom. The van der Waals surface area contributed by atoms with Gasteiger partial charge < -0.3 is 4.57 Å². The second-order valence-corrected chi connectivity index (χ2v) is 6.46. The average molecular weight is 314 g/mol. The highest BCUT2D eigenvalue weighted by molar-refractivity contribution is 7.89. The third-order valence-electron chi connectivity index (χ3n) is 3.09. The third kappa shape index (κ3) is 3.03. The zero-order valence-corrected chi connectivity index (χ0v) is 12.9. The first-order chi connectivity index (χ1) is 9.45. The summed E-state index contributed by atoms with van der Waals surface area (Å²) in [5.74, 6) is 0.563. The van der Waals surface area contributed by atoms with Crippen LogP contribution in [0.5, 0.6) is 0 Å². The molecular formula is C13H16ClN3O2S. The number of aromatic nitrogens is 2. The number of rotatable bonds is 5. The van der Waals surface area contributed by atoms with Crippen LogP contribution in [0, 0.1) is 0 Å². The van der Waals surface area contributed by atoms with Gasteiger partial charge in [-0.05, 0) is 18.1 Å². The summed E-state index contributed by atoms with van der Waals surface area (Å²) in [7, 11) is -1.82. The Kier molecular flexibility index (Phi) is 4.47. The summed E-state index contributed by atoms with van der Waals surface area (Å²) in [5.41, 5.74) is 0.790. The van der Waals surface area contributed by atoms with Crippen molar-refractivity contribution >= 4 is 21.6 Å². The van der Waals surface area contributed by atoms with Crippen molar-refractivity contribution in [2.75, 3.05) is 0 Å². The molecule has 0 aliphatic heterocycles.